The molecule has 4 heteroatoms. The molecule has 61 heavy (non-hydrogen) atoms. The quantitative estimate of drug-likeness (QED) is 0.174. The molecule has 1 N–H and O–H groups in total. The third-order valence-electron chi connectivity index (χ3n) is 12.2. The number of hydrogen-bond donors (Lipinski definition) is 1. The van der Waals surface area contributed by atoms with Crippen LogP contribution in [-0.2, 0) is 16.2 Å². The molecule has 6 aromatic carbocycles. The monoisotopic (exact) mass is 815 g/mol. The van der Waals surface area contributed by atoms with Gasteiger partial charge in [-0.15, -0.1) is 0 Å². The molecule has 0 fully saturated rings. The number of rotatable bonds is 7. The first-order chi connectivity index (χ1) is 34.2. The molecular formula is C57H59N3O. The van der Waals surface area contributed by atoms with Gasteiger partial charge in [-0.25, -0.2) is 4.98 Å². The van der Waals surface area contributed by atoms with Crippen molar-refractivity contribution in [3.8, 4) is 67.5 Å². The zero-order valence-electron chi connectivity index (χ0n) is 48.9. The summed E-state index contributed by atoms with van der Waals surface area (Å²) in [5, 5.41) is 11.5. The number of aromatic nitrogens is 3. The van der Waals surface area contributed by atoms with Crippen LogP contribution in [0.5, 0.6) is 5.75 Å². The van der Waals surface area contributed by atoms with Gasteiger partial charge in [0.05, 0.1) is 33.5 Å². The van der Waals surface area contributed by atoms with E-state index in [2.05, 4.69) is 96.4 Å². The van der Waals surface area contributed by atoms with Crippen LogP contribution in [0.1, 0.15) is 110 Å². The largest absolute Gasteiger partial charge is 0.507 e. The number of pyridine rings is 1. The fourth-order valence-electron chi connectivity index (χ4n) is 7.57. The van der Waals surface area contributed by atoms with Gasteiger partial charge in [0.1, 0.15) is 11.6 Å². The van der Waals surface area contributed by atoms with Crippen LogP contribution in [0.2, 0.25) is 0 Å². The Hall–Kier alpha value is -6.26. The summed E-state index contributed by atoms with van der Waals surface area (Å²) >= 11 is 0. The minimum atomic E-state index is -3.80. The second-order valence-corrected chi connectivity index (χ2v) is 18.4. The first-order valence-corrected chi connectivity index (χ1v) is 20.5. The van der Waals surface area contributed by atoms with Crippen LogP contribution in [0.4, 0.5) is 0 Å². The molecule has 4 nitrogen and oxygen atoms in total. The lowest BCUT2D eigenvalue weighted by atomic mass is 9.65. The molecule has 2 heterocycles. The number of imidazole rings is 1. The van der Waals surface area contributed by atoms with E-state index < -0.39 is 61.1 Å². The highest BCUT2D eigenvalue weighted by molar-refractivity contribution is 5.97. The Morgan fingerprint density at radius 1 is 0.541 bits per heavy atom. The van der Waals surface area contributed by atoms with Crippen molar-refractivity contribution in [1.82, 2.24) is 14.5 Å². The van der Waals surface area contributed by atoms with Crippen molar-refractivity contribution in [1.29, 1.82) is 0 Å². The van der Waals surface area contributed by atoms with Crippen molar-refractivity contribution in [3.63, 3.8) is 0 Å². The molecule has 0 unspecified atom stereocenters. The molecule has 8 aromatic rings. The standard InChI is InChI=1S/C57H59N3O/c1-54(2,3)42-26-24-37(25-27-42)39-30-31-58-48(35-39)41-32-40(33-44(34-41)55(4,5)6)45-21-17-22-50-52(45)59-53(46-20-15-16-23-51(46)61)60(50)49-29-28-43(57(10,11)56(7,8)9)36-47(49)38-18-13-12-14-19-38/h12-36,61H,1-11H3/i1D3,2D3,3D3,24D,25D,26D,27D. The second-order valence-electron chi connectivity index (χ2n) is 18.4. The van der Waals surface area contributed by atoms with E-state index in [0.29, 0.717) is 28.2 Å². The van der Waals surface area contributed by atoms with Crippen molar-refractivity contribution < 1.29 is 22.9 Å². The van der Waals surface area contributed by atoms with Crippen molar-refractivity contribution in [2.45, 2.75) is 92.2 Å². The molecule has 0 aliphatic heterocycles. The molecule has 0 amide bonds. The molecule has 0 bridgehead atoms. The average Bonchev–Trinajstić information content (AvgIpc) is 3.70. The number of phenols is 1. The van der Waals surface area contributed by atoms with Crippen molar-refractivity contribution in [3.05, 3.63) is 168 Å². The molecular weight excluding hydrogens is 743 g/mol. The van der Waals surface area contributed by atoms with Gasteiger partial charge < -0.3 is 5.11 Å². The Bertz CT molecular complexity index is 3400. The van der Waals surface area contributed by atoms with E-state index in [1.54, 1.807) is 18.2 Å². The zero-order valence-corrected chi connectivity index (χ0v) is 35.9. The molecule has 0 atom stereocenters. The lowest BCUT2D eigenvalue weighted by Gasteiger charge is -2.40. The van der Waals surface area contributed by atoms with Gasteiger partial charge in [-0.2, -0.15) is 0 Å². The van der Waals surface area contributed by atoms with Crippen LogP contribution in [0.15, 0.2) is 152 Å². The summed E-state index contributed by atoms with van der Waals surface area (Å²) in [6, 6.07) is 35.1. The lowest BCUT2D eigenvalue weighted by molar-refractivity contribution is 0.225. The molecule has 0 radical (unpaired) electrons. The Morgan fingerprint density at radius 2 is 1.23 bits per heavy atom. The summed E-state index contributed by atoms with van der Waals surface area (Å²) in [7, 11) is 0. The topological polar surface area (TPSA) is 50.9 Å². The first-order valence-electron chi connectivity index (χ1n) is 27.0. The van der Waals surface area contributed by atoms with E-state index in [1.165, 1.54) is 17.8 Å². The summed E-state index contributed by atoms with van der Waals surface area (Å²) in [6.45, 7) is 6.05. The predicted octanol–water partition coefficient (Wildman–Crippen LogP) is 15.4. The van der Waals surface area contributed by atoms with E-state index in [9.17, 15) is 5.11 Å². The minimum Gasteiger partial charge on any atom is -0.507 e. The van der Waals surface area contributed by atoms with E-state index in [0.717, 1.165) is 39.0 Å². The van der Waals surface area contributed by atoms with Crippen LogP contribution in [0.25, 0.3) is 72.7 Å². The van der Waals surface area contributed by atoms with E-state index >= 15 is 0 Å². The van der Waals surface area contributed by atoms with E-state index in [4.69, 9.17) is 27.8 Å². The second kappa shape index (κ2) is 15.3. The molecule has 0 aliphatic rings. The SMILES string of the molecule is [2H]c1c([2H])c(C(C([2H])([2H])[2H])(C([2H])([2H])[2H])C([2H])([2H])[2H])c([2H])c([2H])c1-c1ccnc(-c2cc(-c3cccc4c3nc(-c3ccccc3O)n4-c3ccc(C(C)(C)C(C)(C)C)cc3-c3ccccc3)cc(C(C)(C)C)c2)c1. The summed E-state index contributed by atoms with van der Waals surface area (Å²) in [6.07, 6.45) is 1.44. The fourth-order valence-corrected chi connectivity index (χ4v) is 7.57. The zero-order chi connectivity index (χ0) is 54.5. The van der Waals surface area contributed by atoms with Gasteiger partial charge in [-0.3, -0.25) is 9.55 Å². The molecule has 2 aromatic heterocycles. The number of nitrogens with zero attached hydrogens (tertiary/aromatic N) is 3. The minimum absolute atomic E-state index is 0.0582. The molecule has 8 rings (SSSR count). The average molecular weight is 815 g/mol. The Labute approximate surface area is 381 Å². The maximum Gasteiger partial charge on any atom is 0.149 e. The number of para-hydroxylation sites is 2. The third kappa shape index (κ3) is 7.92. The van der Waals surface area contributed by atoms with Crippen LogP contribution in [0, 0.1) is 5.41 Å². The van der Waals surface area contributed by atoms with Gasteiger partial charge in [0.2, 0.25) is 0 Å². The maximum absolute atomic E-state index is 11.5. The number of fused-ring (bicyclic) bond motifs is 1. The van der Waals surface area contributed by atoms with Crippen LogP contribution in [-0.4, -0.2) is 19.6 Å². The van der Waals surface area contributed by atoms with Crippen molar-refractivity contribution in [2.24, 2.45) is 5.41 Å². The van der Waals surface area contributed by atoms with Crippen LogP contribution in [0.3, 0.4) is 0 Å². The van der Waals surface area contributed by atoms with Crippen molar-refractivity contribution >= 4 is 11.0 Å². The smallest absolute Gasteiger partial charge is 0.149 e. The van der Waals surface area contributed by atoms with Gasteiger partial charge in [0.15, 0.2) is 0 Å². The fraction of sp³-hybridized carbons (Fsp3) is 0.263. The number of phenolic OH excluding ortho intramolecular Hbond substituents is 1. The van der Waals surface area contributed by atoms with Crippen LogP contribution < -0.4 is 0 Å². The van der Waals surface area contributed by atoms with Gasteiger partial charge in [0, 0.05) is 35.2 Å². The van der Waals surface area contributed by atoms with Gasteiger partial charge >= 0.3 is 0 Å². The Morgan fingerprint density at radius 3 is 1.92 bits per heavy atom. The molecule has 0 saturated carbocycles. The van der Waals surface area contributed by atoms with Gasteiger partial charge in [-0.1, -0.05) is 167 Å². The molecule has 0 spiro atoms. The molecule has 0 saturated heterocycles. The number of hydrogen-bond acceptors (Lipinski definition) is 3. The van der Waals surface area contributed by atoms with E-state index in [-0.39, 0.29) is 27.7 Å². The van der Waals surface area contributed by atoms with E-state index in [1.807, 2.05) is 60.7 Å². The summed E-state index contributed by atoms with van der Waals surface area (Å²) < 4.78 is 112. The summed E-state index contributed by atoms with van der Waals surface area (Å²) in [5.74, 6) is 0.579. The van der Waals surface area contributed by atoms with Crippen molar-refractivity contribution in [2.75, 3.05) is 0 Å². The third-order valence-corrected chi connectivity index (χ3v) is 12.2. The highest BCUT2D eigenvalue weighted by atomic mass is 16.3. The maximum atomic E-state index is 11.5. The van der Waals surface area contributed by atoms with Gasteiger partial charge in [0.25, 0.3) is 0 Å². The predicted molar refractivity (Wildman–Crippen MR) is 258 cm³/mol. The number of benzene rings is 6. The normalized spacial score (nSPS) is 16.3. The Balaban J connectivity index is 1.36. The first kappa shape index (κ1) is 28.3. The summed E-state index contributed by atoms with van der Waals surface area (Å²) in [5.41, 5.74) is 3.57. The van der Waals surface area contributed by atoms with Crippen LogP contribution >= 0.6 is 0 Å². The highest BCUT2D eigenvalue weighted by Crippen LogP contribution is 2.45. The lowest BCUT2D eigenvalue weighted by Crippen LogP contribution is -2.34. The highest BCUT2D eigenvalue weighted by Gasteiger charge is 2.35. The van der Waals surface area contributed by atoms with Gasteiger partial charge in [-0.05, 0) is 115 Å². The Kier molecular flexibility index (Phi) is 7.11. The summed E-state index contributed by atoms with van der Waals surface area (Å²) in [4.78, 5) is 10.1. The molecule has 308 valence electrons. The molecule has 0 aliphatic carbocycles. The number of aromatic hydroxyl groups is 1.